The summed E-state index contributed by atoms with van der Waals surface area (Å²) in [5.74, 6) is -1.48. The Balaban J connectivity index is 2.81. The van der Waals surface area contributed by atoms with Crippen LogP contribution in [0.25, 0.3) is 0 Å². The van der Waals surface area contributed by atoms with Gasteiger partial charge in [-0.05, 0) is 12.1 Å². The van der Waals surface area contributed by atoms with E-state index >= 15 is 0 Å². The summed E-state index contributed by atoms with van der Waals surface area (Å²) in [5, 5.41) is 17.0. The minimum Gasteiger partial charge on any atom is -0.481 e. The van der Waals surface area contributed by atoms with Crippen LogP contribution < -0.4 is 4.90 Å². The third-order valence-corrected chi connectivity index (χ3v) is 1.73. The number of para-hydroxylation sites is 1. The first kappa shape index (κ1) is 10.1. The van der Waals surface area contributed by atoms with E-state index in [1.807, 2.05) is 6.07 Å². The molecule has 0 aliphatic rings. The maximum atomic E-state index is 11.3. The smallest absolute Gasteiger partial charge is 0.279 e. The number of rotatable bonds is 2. The van der Waals surface area contributed by atoms with E-state index in [2.05, 4.69) is 0 Å². The molecule has 0 spiro atoms. The van der Waals surface area contributed by atoms with Crippen molar-refractivity contribution in [3.63, 3.8) is 0 Å². The molecule has 0 unspecified atom stereocenters. The van der Waals surface area contributed by atoms with Crippen LogP contribution in [0, 0.1) is 0 Å². The molecule has 0 heterocycles. The van der Waals surface area contributed by atoms with Crippen molar-refractivity contribution in [3.05, 3.63) is 42.4 Å². The van der Waals surface area contributed by atoms with Crippen LogP contribution in [0.3, 0.4) is 0 Å². The van der Waals surface area contributed by atoms with Gasteiger partial charge < -0.3 is 15.1 Å². The molecule has 4 heteroatoms. The van der Waals surface area contributed by atoms with Crippen LogP contribution >= 0.6 is 0 Å². The van der Waals surface area contributed by atoms with Crippen LogP contribution in [0.2, 0.25) is 0 Å². The van der Waals surface area contributed by atoms with E-state index in [1.54, 1.807) is 31.3 Å². The Kier molecular flexibility index (Phi) is 3.12. The normalized spacial score (nSPS) is 9.21. The maximum Gasteiger partial charge on any atom is 0.279 e. The standard InChI is InChI=1S/C10H11NO3/c1-11(9(12)7-10(13)14)8-5-3-2-4-6-8/h2-7,13-14H,1H3. The van der Waals surface area contributed by atoms with E-state index in [9.17, 15) is 4.79 Å². The number of amides is 1. The number of aliphatic hydroxyl groups excluding tert-OH is 1. The van der Waals surface area contributed by atoms with Gasteiger partial charge in [0.1, 0.15) is 0 Å². The number of hydrogen-bond donors (Lipinski definition) is 2. The summed E-state index contributed by atoms with van der Waals surface area (Å²) in [6.45, 7) is 0. The van der Waals surface area contributed by atoms with Gasteiger partial charge in [0.15, 0.2) is 0 Å². The molecule has 14 heavy (non-hydrogen) atoms. The van der Waals surface area contributed by atoms with Crippen molar-refractivity contribution >= 4 is 11.6 Å². The zero-order valence-corrected chi connectivity index (χ0v) is 7.71. The van der Waals surface area contributed by atoms with Gasteiger partial charge in [0, 0.05) is 12.7 Å². The Bertz CT molecular complexity index is 342. The second-order valence-corrected chi connectivity index (χ2v) is 2.74. The highest BCUT2D eigenvalue weighted by Crippen LogP contribution is 2.11. The van der Waals surface area contributed by atoms with Crippen molar-refractivity contribution in [1.82, 2.24) is 0 Å². The Labute approximate surface area is 81.7 Å². The highest BCUT2D eigenvalue weighted by atomic mass is 16.5. The lowest BCUT2D eigenvalue weighted by molar-refractivity contribution is -0.114. The van der Waals surface area contributed by atoms with Gasteiger partial charge in [0.25, 0.3) is 11.9 Å². The first-order valence-electron chi connectivity index (χ1n) is 4.03. The molecule has 1 amide bonds. The summed E-state index contributed by atoms with van der Waals surface area (Å²) in [7, 11) is 1.55. The molecule has 1 rings (SSSR count). The first-order chi connectivity index (χ1) is 6.61. The molecule has 0 fully saturated rings. The number of anilines is 1. The van der Waals surface area contributed by atoms with E-state index in [0.717, 1.165) is 6.08 Å². The molecule has 0 saturated heterocycles. The van der Waals surface area contributed by atoms with Gasteiger partial charge in [-0.1, -0.05) is 18.2 Å². The van der Waals surface area contributed by atoms with Gasteiger partial charge in [-0.3, -0.25) is 4.79 Å². The minimum atomic E-state index is -0.988. The summed E-state index contributed by atoms with van der Waals surface area (Å²) < 4.78 is 0. The predicted molar refractivity (Wildman–Crippen MR) is 53.2 cm³/mol. The van der Waals surface area contributed by atoms with Crippen LogP contribution in [0.1, 0.15) is 0 Å². The molecule has 0 bridgehead atoms. The quantitative estimate of drug-likeness (QED) is 0.554. The van der Waals surface area contributed by atoms with Gasteiger partial charge in [0.05, 0.1) is 6.08 Å². The molecule has 0 atom stereocenters. The van der Waals surface area contributed by atoms with Crippen LogP contribution in [0.5, 0.6) is 0 Å². The molecule has 0 radical (unpaired) electrons. The van der Waals surface area contributed by atoms with Crippen LogP contribution in [-0.4, -0.2) is 23.2 Å². The van der Waals surface area contributed by atoms with Crippen molar-refractivity contribution in [2.24, 2.45) is 0 Å². The molecular formula is C10H11NO3. The number of likely N-dealkylation sites (N-methyl/N-ethyl adjacent to an activating group) is 1. The fourth-order valence-electron chi connectivity index (χ4n) is 0.986. The Morgan fingerprint density at radius 3 is 2.36 bits per heavy atom. The molecular weight excluding hydrogens is 182 g/mol. The number of hydrogen-bond acceptors (Lipinski definition) is 3. The molecule has 1 aromatic rings. The molecule has 1 aromatic carbocycles. The average molecular weight is 193 g/mol. The maximum absolute atomic E-state index is 11.3. The zero-order valence-electron chi connectivity index (χ0n) is 7.71. The largest absolute Gasteiger partial charge is 0.481 e. The van der Waals surface area contributed by atoms with Crippen LogP contribution in [0.4, 0.5) is 5.69 Å². The lowest BCUT2D eigenvalue weighted by atomic mass is 10.3. The third kappa shape index (κ3) is 2.52. The summed E-state index contributed by atoms with van der Waals surface area (Å²) in [4.78, 5) is 12.6. The summed E-state index contributed by atoms with van der Waals surface area (Å²) in [5.41, 5.74) is 0.690. The molecule has 4 nitrogen and oxygen atoms in total. The number of nitrogens with zero attached hydrogens (tertiary/aromatic N) is 1. The van der Waals surface area contributed by atoms with E-state index < -0.39 is 11.9 Å². The molecule has 2 N–H and O–H groups in total. The lowest BCUT2D eigenvalue weighted by Crippen LogP contribution is -2.24. The van der Waals surface area contributed by atoms with Gasteiger partial charge in [-0.25, -0.2) is 0 Å². The predicted octanol–water partition coefficient (Wildman–Crippen LogP) is 1.61. The molecule has 0 aliphatic heterocycles. The summed E-state index contributed by atoms with van der Waals surface area (Å²) in [6.07, 6.45) is 0.743. The Hall–Kier alpha value is -1.97. The average Bonchev–Trinajstić information content (AvgIpc) is 2.17. The van der Waals surface area contributed by atoms with Crippen LogP contribution in [0.15, 0.2) is 42.4 Å². The second-order valence-electron chi connectivity index (χ2n) is 2.74. The van der Waals surface area contributed by atoms with Crippen molar-refractivity contribution in [2.75, 3.05) is 11.9 Å². The Morgan fingerprint density at radius 2 is 1.86 bits per heavy atom. The fraction of sp³-hybridized carbons (Fsp3) is 0.100. The van der Waals surface area contributed by atoms with Crippen molar-refractivity contribution in [1.29, 1.82) is 0 Å². The minimum absolute atomic E-state index is 0.490. The second kappa shape index (κ2) is 4.32. The summed E-state index contributed by atoms with van der Waals surface area (Å²) >= 11 is 0. The van der Waals surface area contributed by atoms with E-state index in [-0.39, 0.29) is 0 Å². The van der Waals surface area contributed by atoms with Crippen molar-refractivity contribution in [2.45, 2.75) is 0 Å². The van der Waals surface area contributed by atoms with Crippen LogP contribution in [-0.2, 0) is 4.79 Å². The van der Waals surface area contributed by atoms with Gasteiger partial charge >= 0.3 is 0 Å². The highest BCUT2D eigenvalue weighted by Gasteiger charge is 2.08. The molecule has 74 valence electrons. The van der Waals surface area contributed by atoms with E-state index in [0.29, 0.717) is 5.69 Å². The lowest BCUT2D eigenvalue weighted by Gasteiger charge is -2.14. The van der Waals surface area contributed by atoms with E-state index in [4.69, 9.17) is 10.2 Å². The third-order valence-electron chi connectivity index (χ3n) is 1.73. The zero-order chi connectivity index (χ0) is 10.6. The van der Waals surface area contributed by atoms with Gasteiger partial charge in [-0.15, -0.1) is 0 Å². The SMILES string of the molecule is CN(C(=O)C=C(O)O)c1ccccc1. The Morgan fingerprint density at radius 1 is 1.29 bits per heavy atom. The number of carbonyl (C=O) groups excluding carboxylic acids is 1. The number of benzene rings is 1. The highest BCUT2D eigenvalue weighted by molar-refractivity contribution is 6.00. The first-order valence-corrected chi connectivity index (χ1v) is 4.03. The van der Waals surface area contributed by atoms with Gasteiger partial charge in [0.2, 0.25) is 0 Å². The number of carbonyl (C=O) groups is 1. The molecule has 0 aliphatic carbocycles. The van der Waals surface area contributed by atoms with Crippen molar-refractivity contribution < 1.29 is 15.0 Å². The van der Waals surface area contributed by atoms with Crippen molar-refractivity contribution in [3.8, 4) is 0 Å². The van der Waals surface area contributed by atoms with E-state index in [1.165, 1.54) is 4.90 Å². The monoisotopic (exact) mass is 193 g/mol. The topological polar surface area (TPSA) is 60.8 Å². The summed E-state index contributed by atoms with van der Waals surface area (Å²) in [6, 6.07) is 8.92. The molecule has 0 saturated carbocycles. The van der Waals surface area contributed by atoms with Gasteiger partial charge in [-0.2, -0.15) is 0 Å². The fourth-order valence-corrected chi connectivity index (χ4v) is 0.986. The molecule has 0 aromatic heterocycles. The number of aliphatic hydroxyl groups is 2.